The molecule has 0 bridgehead atoms. The van der Waals surface area contributed by atoms with Crippen molar-refractivity contribution in [3.8, 4) is 0 Å². The van der Waals surface area contributed by atoms with Gasteiger partial charge in [0, 0.05) is 48.0 Å². The van der Waals surface area contributed by atoms with Gasteiger partial charge in [0.05, 0.1) is 0 Å². The summed E-state index contributed by atoms with van der Waals surface area (Å²) in [6, 6.07) is 19.8. The van der Waals surface area contributed by atoms with E-state index in [2.05, 4.69) is 10.3 Å². The maximum absolute atomic E-state index is 13.7. The number of carbonyl (C=O) groups is 1. The van der Waals surface area contributed by atoms with E-state index in [1.54, 1.807) is 12.3 Å². The van der Waals surface area contributed by atoms with E-state index >= 15 is 0 Å². The molecular weight excluding hydrogens is 379 g/mol. The van der Waals surface area contributed by atoms with Crippen molar-refractivity contribution in [3.63, 3.8) is 0 Å². The van der Waals surface area contributed by atoms with Crippen molar-refractivity contribution in [3.05, 3.63) is 96.2 Å². The zero-order valence-corrected chi connectivity index (χ0v) is 16.3. The number of fused-ring (bicyclic) bond motifs is 2. The molecule has 0 unspecified atom stereocenters. The number of nitrogens with zero attached hydrogens (tertiary/aromatic N) is 3. The Hall–Kier alpha value is -3.93. The second kappa shape index (κ2) is 7.15. The molecule has 2 aromatic carbocycles. The molecule has 3 heterocycles. The van der Waals surface area contributed by atoms with Gasteiger partial charge in [0.25, 0.3) is 5.91 Å². The monoisotopic (exact) mass is 398 g/mol. The van der Waals surface area contributed by atoms with E-state index in [0.717, 1.165) is 21.9 Å². The van der Waals surface area contributed by atoms with Crippen LogP contribution in [0.25, 0.3) is 21.9 Å². The van der Waals surface area contributed by atoms with Crippen LogP contribution in [0.5, 0.6) is 0 Å². The van der Waals surface area contributed by atoms with Crippen molar-refractivity contribution in [2.75, 3.05) is 5.32 Å². The van der Waals surface area contributed by atoms with Gasteiger partial charge in [0.15, 0.2) is 0 Å². The number of carbonyl (C=O) groups excluding carboxylic acids is 1. The Bertz CT molecular complexity index is 1400. The van der Waals surface area contributed by atoms with Crippen molar-refractivity contribution in [1.82, 2.24) is 14.1 Å². The maximum Gasteiger partial charge on any atom is 0.272 e. The summed E-state index contributed by atoms with van der Waals surface area (Å²) in [7, 11) is 1.98. The molecule has 0 saturated carbocycles. The summed E-state index contributed by atoms with van der Waals surface area (Å²) >= 11 is 0. The fourth-order valence-electron chi connectivity index (χ4n) is 3.81. The third-order valence-electron chi connectivity index (χ3n) is 5.26. The maximum atomic E-state index is 13.7. The zero-order valence-electron chi connectivity index (χ0n) is 16.3. The fraction of sp³-hybridized carbons (Fsp3) is 0.0833. The van der Waals surface area contributed by atoms with Gasteiger partial charge in [-0.05, 0) is 60.2 Å². The second-order valence-corrected chi connectivity index (χ2v) is 7.32. The first kappa shape index (κ1) is 18.1. The van der Waals surface area contributed by atoms with Crippen LogP contribution in [0.1, 0.15) is 16.1 Å². The minimum absolute atomic E-state index is 0.236. The van der Waals surface area contributed by atoms with E-state index < -0.39 is 0 Å². The lowest BCUT2D eigenvalue weighted by Crippen LogP contribution is -2.17. The highest BCUT2D eigenvalue weighted by molar-refractivity contribution is 6.06. The van der Waals surface area contributed by atoms with Crippen molar-refractivity contribution >= 4 is 33.5 Å². The van der Waals surface area contributed by atoms with Crippen LogP contribution < -0.4 is 5.32 Å². The van der Waals surface area contributed by atoms with Gasteiger partial charge in [0.1, 0.15) is 17.2 Å². The number of hydrogen-bond acceptors (Lipinski definition) is 2. The van der Waals surface area contributed by atoms with Crippen LogP contribution in [0.3, 0.4) is 0 Å². The predicted molar refractivity (Wildman–Crippen MR) is 116 cm³/mol. The highest BCUT2D eigenvalue weighted by Crippen LogP contribution is 2.23. The zero-order chi connectivity index (χ0) is 20.7. The lowest BCUT2D eigenvalue weighted by atomic mass is 10.2. The van der Waals surface area contributed by atoms with Gasteiger partial charge in [-0.15, -0.1) is 0 Å². The molecule has 1 amide bonds. The molecule has 1 N–H and O–H groups in total. The van der Waals surface area contributed by atoms with Crippen LogP contribution in [-0.2, 0) is 13.6 Å². The number of pyridine rings is 1. The molecule has 0 fully saturated rings. The summed E-state index contributed by atoms with van der Waals surface area (Å²) in [4.78, 5) is 17.6. The van der Waals surface area contributed by atoms with E-state index in [0.29, 0.717) is 23.6 Å². The number of amides is 1. The van der Waals surface area contributed by atoms with Gasteiger partial charge in [0.2, 0.25) is 0 Å². The van der Waals surface area contributed by atoms with E-state index in [-0.39, 0.29) is 11.7 Å². The normalized spacial score (nSPS) is 11.3. The molecule has 30 heavy (non-hydrogen) atoms. The SMILES string of the molecule is Cn1ccc2cc(NC(=O)c3cc4cccnc4n3Cc3cccc(F)c3)ccc21. The number of anilines is 1. The summed E-state index contributed by atoms with van der Waals surface area (Å²) < 4.78 is 17.5. The minimum Gasteiger partial charge on any atom is -0.351 e. The topological polar surface area (TPSA) is 51.9 Å². The van der Waals surface area contributed by atoms with Crippen LogP contribution in [0.2, 0.25) is 0 Å². The molecule has 0 spiro atoms. The molecule has 5 rings (SSSR count). The molecule has 148 valence electrons. The van der Waals surface area contributed by atoms with Gasteiger partial charge in [-0.1, -0.05) is 12.1 Å². The summed E-state index contributed by atoms with van der Waals surface area (Å²) in [5, 5.41) is 4.90. The van der Waals surface area contributed by atoms with Crippen molar-refractivity contribution in [1.29, 1.82) is 0 Å². The fourth-order valence-corrected chi connectivity index (χ4v) is 3.81. The van der Waals surface area contributed by atoms with E-state index in [1.807, 2.05) is 70.9 Å². The highest BCUT2D eigenvalue weighted by Gasteiger charge is 2.17. The number of rotatable bonds is 4. The lowest BCUT2D eigenvalue weighted by molar-refractivity contribution is 0.101. The Morgan fingerprint density at radius 2 is 1.93 bits per heavy atom. The average Bonchev–Trinajstić information content (AvgIpc) is 3.29. The summed E-state index contributed by atoms with van der Waals surface area (Å²) in [5.41, 5.74) is 3.73. The second-order valence-electron chi connectivity index (χ2n) is 7.32. The van der Waals surface area contributed by atoms with Crippen LogP contribution >= 0.6 is 0 Å². The average molecular weight is 398 g/mol. The van der Waals surface area contributed by atoms with E-state index in [4.69, 9.17) is 0 Å². The van der Waals surface area contributed by atoms with Crippen LogP contribution in [0.15, 0.2) is 79.1 Å². The Morgan fingerprint density at radius 3 is 2.80 bits per heavy atom. The van der Waals surface area contributed by atoms with Crippen molar-refractivity contribution in [2.45, 2.75) is 6.54 Å². The molecule has 0 aliphatic heterocycles. The summed E-state index contributed by atoms with van der Waals surface area (Å²) in [5.74, 6) is -0.543. The van der Waals surface area contributed by atoms with Crippen LogP contribution in [0, 0.1) is 5.82 Å². The van der Waals surface area contributed by atoms with Gasteiger partial charge in [-0.2, -0.15) is 0 Å². The van der Waals surface area contributed by atoms with Gasteiger partial charge in [-0.25, -0.2) is 9.37 Å². The number of nitrogens with one attached hydrogen (secondary N) is 1. The molecule has 0 aliphatic rings. The molecule has 0 saturated heterocycles. The van der Waals surface area contributed by atoms with E-state index in [1.165, 1.54) is 12.1 Å². The molecule has 5 nitrogen and oxygen atoms in total. The molecule has 0 aliphatic carbocycles. The molecule has 0 atom stereocenters. The number of hydrogen-bond donors (Lipinski definition) is 1. The van der Waals surface area contributed by atoms with Crippen molar-refractivity contribution < 1.29 is 9.18 Å². The van der Waals surface area contributed by atoms with E-state index in [9.17, 15) is 9.18 Å². The lowest BCUT2D eigenvalue weighted by Gasteiger charge is -2.11. The largest absolute Gasteiger partial charge is 0.351 e. The Kier molecular flexibility index (Phi) is 4.32. The number of benzene rings is 2. The smallest absolute Gasteiger partial charge is 0.272 e. The Balaban J connectivity index is 1.52. The third-order valence-corrected chi connectivity index (χ3v) is 5.26. The predicted octanol–water partition coefficient (Wildman–Crippen LogP) is 4.97. The highest BCUT2D eigenvalue weighted by atomic mass is 19.1. The first-order valence-corrected chi connectivity index (χ1v) is 9.64. The Labute approximate surface area is 172 Å². The number of aryl methyl sites for hydroxylation is 1. The molecular formula is C24H19FN4O. The number of halogens is 1. The van der Waals surface area contributed by atoms with Gasteiger partial charge < -0.3 is 14.5 Å². The summed E-state index contributed by atoms with van der Waals surface area (Å²) in [6.07, 6.45) is 3.67. The van der Waals surface area contributed by atoms with Gasteiger partial charge >= 0.3 is 0 Å². The van der Waals surface area contributed by atoms with Gasteiger partial charge in [-0.3, -0.25) is 4.79 Å². The van der Waals surface area contributed by atoms with Crippen LogP contribution in [0.4, 0.5) is 10.1 Å². The molecule has 5 aromatic rings. The molecule has 0 radical (unpaired) electrons. The Morgan fingerprint density at radius 1 is 1.03 bits per heavy atom. The minimum atomic E-state index is -0.306. The molecule has 3 aromatic heterocycles. The quantitative estimate of drug-likeness (QED) is 0.465. The number of aromatic nitrogens is 3. The molecule has 6 heteroatoms. The first-order valence-electron chi connectivity index (χ1n) is 9.64. The van der Waals surface area contributed by atoms with Crippen molar-refractivity contribution in [2.24, 2.45) is 7.05 Å². The summed E-state index contributed by atoms with van der Waals surface area (Å²) in [6.45, 7) is 0.346. The van der Waals surface area contributed by atoms with Crippen LogP contribution in [-0.4, -0.2) is 20.0 Å². The standard InChI is InChI=1S/C24H19FN4O/c1-28-11-9-17-13-20(7-8-21(17)28)27-24(30)22-14-18-5-3-10-26-23(18)29(22)15-16-4-2-6-19(25)12-16/h2-14H,15H2,1H3,(H,27,30). The third kappa shape index (κ3) is 3.22. The first-order chi connectivity index (χ1) is 14.6.